The molecule has 0 bridgehead atoms. The zero-order valence-corrected chi connectivity index (χ0v) is 17.1. The Hall–Kier alpha value is -3.42. The Labute approximate surface area is 180 Å². The summed E-state index contributed by atoms with van der Waals surface area (Å²) in [5, 5.41) is 1.09. The Morgan fingerprint density at radius 2 is 1.83 bits per heavy atom. The minimum Gasteiger partial charge on any atom is -0.278 e. The highest BCUT2D eigenvalue weighted by Gasteiger charge is 2.24. The summed E-state index contributed by atoms with van der Waals surface area (Å²) < 4.78 is 0.908. The molecular formula is C22H14ClN5OS. The third-order valence-corrected chi connectivity index (χ3v) is 5.91. The average Bonchev–Trinajstić information content (AvgIpc) is 3.23. The molecular weight excluding hydrogens is 418 g/mol. The molecule has 146 valence electrons. The van der Waals surface area contributed by atoms with E-state index in [-0.39, 0.29) is 11.6 Å². The van der Waals surface area contributed by atoms with Crippen molar-refractivity contribution >= 4 is 55.2 Å². The van der Waals surface area contributed by atoms with Gasteiger partial charge in [-0.05, 0) is 35.9 Å². The molecule has 2 aromatic carbocycles. The van der Waals surface area contributed by atoms with E-state index < -0.39 is 0 Å². The zero-order chi connectivity index (χ0) is 20.5. The van der Waals surface area contributed by atoms with Crippen molar-refractivity contribution in [3.05, 3.63) is 89.5 Å². The fraction of sp³-hybridized carbons (Fsp3) is 0.0455. The molecule has 0 unspecified atom stereocenters. The van der Waals surface area contributed by atoms with Crippen LogP contribution < -0.4 is 4.90 Å². The molecule has 8 heteroatoms. The van der Waals surface area contributed by atoms with Crippen LogP contribution in [0.25, 0.3) is 21.3 Å². The van der Waals surface area contributed by atoms with Gasteiger partial charge in [-0.25, -0.2) is 9.97 Å². The average molecular weight is 432 g/mol. The number of para-hydroxylation sites is 3. The molecule has 5 rings (SSSR count). The Balaban J connectivity index is 1.60. The number of carbonyl (C=O) groups excluding carboxylic acids is 1. The predicted octanol–water partition coefficient (Wildman–Crippen LogP) is 5.13. The van der Waals surface area contributed by atoms with Gasteiger partial charge in [0.25, 0.3) is 5.91 Å². The predicted molar refractivity (Wildman–Crippen MR) is 119 cm³/mol. The van der Waals surface area contributed by atoms with Crippen LogP contribution in [0.2, 0.25) is 5.02 Å². The van der Waals surface area contributed by atoms with E-state index in [4.69, 9.17) is 11.6 Å². The molecule has 0 atom stereocenters. The van der Waals surface area contributed by atoms with Crippen LogP contribution in [-0.4, -0.2) is 25.8 Å². The second-order valence-electron chi connectivity index (χ2n) is 6.58. The van der Waals surface area contributed by atoms with E-state index in [9.17, 15) is 4.79 Å². The number of aromatic nitrogens is 4. The molecule has 0 fully saturated rings. The summed E-state index contributed by atoms with van der Waals surface area (Å²) in [6.07, 6.45) is 4.93. The SMILES string of the molecule is O=C(c1cnc2ccccc2n1)N(Cc1cccnc1)c1nc2c(Cl)cccc2s1. The molecule has 0 saturated heterocycles. The molecule has 0 aliphatic carbocycles. The monoisotopic (exact) mass is 431 g/mol. The molecule has 0 aliphatic rings. The van der Waals surface area contributed by atoms with Crippen molar-refractivity contribution < 1.29 is 4.79 Å². The standard InChI is InChI=1S/C22H14ClN5OS/c23-15-6-3-9-19-20(15)27-22(30-19)28(13-14-5-4-10-24-11-14)21(29)18-12-25-16-7-1-2-8-17(16)26-18/h1-12H,13H2. The number of thiazole rings is 1. The fourth-order valence-electron chi connectivity index (χ4n) is 3.12. The van der Waals surface area contributed by atoms with Gasteiger partial charge in [0, 0.05) is 12.4 Å². The highest BCUT2D eigenvalue weighted by atomic mass is 35.5. The maximum absolute atomic E-state index is 13.5. The van der Waals surface area contributed by atoms with E-state index in [2.05, 4.69) is 19.9 Å². The van der Waals surface area contributed by atoms with Crippen LogP contribution in [0.5, 0.6) is 0 Å². The van der Waals surface area contributed by atoms with Gasteiger partial charge in [-0.15, -0.1) is 0 Å². The van der Waals surface area contributed by atoms with Crippen molar-refractivity contribution in [2.24, 2.45) is 0 Å². The van der Waals surface area contributed by atoms with Crippen LogP contribution in [0.3, 0.4) is 0 Å². The van der Waals surface area contributed by atoms with Gasteiger partial charge in [-0.3, -0.25) is 19.7 Å². The molecule has 0 spiro atoms. The lowest BCUT2D eigenvalue weighted by Crippen LogP contribution is -2.31. The van der Waals surface area contributed by atoms with Crippen molar-refractivity contribution in [1.29, 1.82) is 0 Å². The third kappa shape index (κ3) is 3.49. The molecule has 3 aromatic heterocycles. The first-order chi connectivity index (χ1) is 14.7. The van der Waals surface area contributed by atoms with Crippen LogP contribution >= 0.6 is 22.9 Å². The number of carbonyl (C=O) groups is 1. The van der Waals surface area contributed by atoms with Gasteiger partial charge < -0.3 is 0 Å². The summed E-state index contributed by atoms with van der Waals surface area (Å²) in [6.45, 7) is 0.304. The molecule has 0 saturated carbocycles. The molecule has 0 N–H and O–H groups in total. The molecule has 3 heterocycles. The number of halogens is 1. The van der Waals surface area contributed by atoms with Crippen molar-refractivity contribution in [3.63, 3.8) is 0 Å². The number of amides is 1. The largest absolute Gasteiger partial charge is 0.280 e. The van der Waals surface area contributed by atoms with Gasteiger partial charge in [-0.2, -0.15) is 0 Å². The maximum atomic E-state index is 13.5. The van der Waals surface area contributed by atoms with Gasteiger partial charge in [0.05, 0.1) is 33.5 Å². The lowest BCUT2D eigenvalue weighted by atomic mass is 10.2. The number of hydrogen-bond acceptors (Lipinski definition) is 6. The minimum atomic E-state index is -0.285. The first-order valence-electron chi connectivity index (χ1n) is 9.17. The van der Waals surface area contributed by atoms with Crippen LogP contribution in [0, 0.1) is 0 Å². The number of pyridine rings is 1. The molecule has 1 amide bonds. The van der Waals surface area contributed by atoms with Gasteiger partial charge in [0.2, 0.25) is 0 Å². The lowest BCUT2D eigenvalue weighted by Gasteiger charge is -2.19. The van der Waals surface area contributed by atoms with E-state index in [1.165, 1.54) is 17.5 Å². The summed E-state index contributed by atoms with van der Waals surface area (Å²) in [5.41, 5.74) is 3.21. The first-order valence-corrected chi connectivity index (χ1v) is 10.4. The fourth-order valence-corrected chi connectivity index (χ4v) is 4.38. The normalized spacial score (nSPS) is 11.1. The topological polar surface area (TPSA) is 71.9 Å². The Morgan fingerprint density at radius 3 is 2.63 bits per heavy atom. The third-order valence-electron chi connectivity index (χ3n) is 4.57. The van der Waals surface area contributed by atoms with Gasteiger partial charge in [0.1, 0.15) is 11.2 Å². The van der Waals surface area contributed by atoms with Gasteiger partial charge in [-0.1, -0.05) is 47.2 Å². The summed E-state index contributed by atoms with van der Waals surface area (Å²) in [5.74, 6) is -0.285. The number of fused-ring (bicyclic) bond motifs is 2. The number of anilines is 1. The Kier molecular flexibility index (Phi) is 4.82. The molecule has 0 aliphatic heterocycles. The quantitative estimate of drug-likeness (QED) is 0.394. The van der Waals surface area contributed by atoms with E-state index >= 15 is 0 Å². The Morgan fingerprint density at radius 1 is 0.967 bits per heavy atom. The van der Waals surface area contributed by atoms with E-state index in [1.807, 2.05) is 48.5 Å². The number of benzene rings is 2. The number of hydrogen-bond donors (Lipinski definition) is 0. The number of rotatable bonds is 4. The summed E-state index contributed by atoms with van der Waals surface area (Å²) in [6, 6.07) is 16.8. The molecule has 0 radical (unpaired) electrons. The molecule has 5 aromatic rings. The van der Waals surface area contributed by atoms with Crippen molar-refractivity contribution in [1.82, 2.24) is 19.9 Å². The molecule has 6 nitrogen and oxygen atoms in total. The second-order valence-corrected chi connectivity index (χ2v) is 8.00. The highest BCUT2D eigenvalue weighted by Crippen LogP contribution is 2.34. The summed E-state index contributed by atoms with van der Waals surface area (Å²) >= 11 is 7.71. The molecule has 30 heavy (non-hydrogen) atoms. The van der Waals surface area contributed by atoms with Crippen LogP contribution in [0.4, 0.5) is 5.13 Å². The first kappa shape index (κ1) is 18.6. The summed E-state index contributed by atoms with van der Waals surface area (Å²) in [7, 11) is 0. The van der Waals surface area contributed by atoms with Crippen LogP contribution in [0.1, 0.15) is 16.1 Å². The van der Waals surface area contributed by atoms with Gasteiger partial charge in [0.15, 0.2) is 5.13 Å². The van der Waals surface area contributed by atoms with E-state index in [0.29, 0.717) is 27.7 Å². The zero-order valence-electron chi connectivity index (χ0n) is 15.6. The van der Waals surface area contributed by atoms with Crippen LogP contribution in [-0.2, 0) is 6.54 Å². The highest BCUT2D eigenvalue weighted by molar-refractivity contribution is 7.22. The number of nitrogens with zero attached hydrogens (tertiary/aromatic N) is 5. The maximum Gasteiger partial charge on any atom is 0.280 e. The van der Waals surface area contributed by atoms with Crippen molar-refractivity contribution in [2.45, 2.75) is 6.54 Å². The smallest absolute Gasteiger partial charge is 0.278 e. The minimum absolute atomic E-state index is 0.253. The van der Waals surface area contributed by atoms with Gasteiger partial charge >= 0.3 is 0 Å². The van der Waals surface area contributed by atoms with Crippen LogP contribution in [0.15, 0.2) is 73.2 Å². The van der Waals surface area contributed by atoms with Crippen molar-refractivity contribution in [3.8, 4) is 0 Å². The lowest BCUT2D eigenvalue weighted by molar-refractivity contribution is 0.0980. The van der Waals surface area contributed by atoms with Crippen molar-refractivity contribution in [2.75, 3.05) is 4.90 Å². The second kappa shape index (κ2) is 7.78. The van der Waals surface area contributed by atoms with E-state index in [1.54, 1.807) is 23.4 Å². The van der Waals surface area contributed by atoms with E-state index in [0.717, 1.165) is 15.8 Å². The summed E-state index contributed by atoms with van der Waals surface area (Å²) in [4.78, 5) is 32.8. The Bertz CT molecular complexity index is 1370.